The molecule has 0 atom stereocenters. The second-order valence-corrected chi connectivity index (χ2v) is 6.03. The van der Waals surface area contributed by atoms with E-state index in [0.29, 0.717) is 46.0 Å². The van der Waals surface area contributed by atoms with Gasteiger partial charge in [-0.15, -0.1) is 0 Å². The maximum absolute atomic E-state index is 8.64. The van der Waals surface area contributed by atoms with E-state index in [2.05, 4.69) is 9.88 Å². The highest BCUT2D eigenvalue weighted by Gasteiger charge is 2.24. The molecule has 0 aliphatic carbocycles. The molecule has 4 rings (SSSR count). The number of hydrogen-bond acceptors (Lipinski definition) is 6. The lowest BCUT2D eigenvalue weighted by Crippen LogP contribution is -2.26. The molecule has 128 valence electrons. The average molecular weight is 338 g/mol. The van der Waals surface area contributed by atoms with Crippen molar-refractivity contribution < 1.29 is 13.3 Å². The first-order valence-corrected chi connectivity index (χ1v) is 7.94. The fourth-order valence-corrected chi connectivity index (χ4v) is 2.77. The van der Waals surface area contributed by atoms with Crippen LogP contribution in [0.5, 0.6) is 0 Å². The van der Waals surface area contributed by atoms with E-state index in [4.69, 9.17) is 18.7 Å². The first-order valence-electron chi connectivity index (χ1n) is 7.94. The molecular formula is C18H18N4O3. The summed E-state index contributed by atoms with van der Waals surface area (Å²) in [5.74, 6) is 1.70. The molecule has 0 aliphatic heterocycles. The Labute approximate surface area is 143 Å². The molecule has 0 saturated heterocycles. The molecule has 4 heterocycles. The first kappa shape index (κ1) is 15.5. The van der Waals surface area contributed by atoms with Gasteiger partial charge in [-0.1, -0.05) is 0 Å². The summed E-state index contributed by atoms with van der Waals surface area (Å²) in [6, 6.07) is 7.25. The second-order valence-electron chi connectivity index (χ2n) is 6.03. The normalized spacial score (nSPS) is 11.6. The zero-order valence-corrected chi connectivity index (χ0v) is 14.0. The third-order valence-corrected chi connectivity index (χ3v) is 4.03. The van der Waals surface area contributed by atoms with Crippen molar-refractivity contribution in [3.05, 3.63) is 48.6 Å². The van der Waals surface area contributed by atoms with Gasteiger partial charge in [0.25, 0.3) is 0 Å². The van der Waals surface area contributed by atoms with Gasteiger partial charge in [0.15, 0.2) is 11.5 Å². The minimum absolute atomic E-state index is 0.333. The third-order valence-electron chi connectivity index (χ3n) is 4.03. The molecular weight excluding hydrogens is 320 g/mol. The second kappa shape index (κ2) is 6.10. The van der Waals surface area contributed by atoms with Gasteiger partial charge in [0.05, 0.1) is 23.5 Å². The molecule has 0 fully saturated rings. The molecule has 0 radical (unpaired) electrons. The zero-order chi connectivity index (χ0) is 17.4. The van der Waals surface area contributed by atoms with Crippen molar-refractivity contribution in [1.29, 1.82) is 5.41 Å². The van der Waals surface area contributed by atoms with Crippen LogP contribution in [-0.2, 0) is 6.54 Å². The van der Waals surface area contributed by atoms with Crippen LogP contribution in [0.3, 0.4) is 0 Å². The van der Waals surface area contributed by atoms with Gasteiger partial charge in [-0.3, -0.25) is 5.41 Å². The molecule has 4 aromatic rings. The minimum Gasteiger partial charge on any atom is -0.464 e. The molecule has 7 nitrogen and oxygen atoms in total. The van der Waals surface area contributed by atoms with Crippen LogP contribution < -0.4 is 5.49 Å². The quantitative estimate of drug-likeness (QED) is 0.604. The minimum atomic E-state index is 0.333. The Morgan fingerprint density at radius 2 is 1.84 bits per heavy atom. The van der Waals surface area contributed by atoms with E-state index in [9.17, 15) is 0 Å². The topological polar surface area (TPSA) is 84.3 Å². The highest BCUT2D eigenvalue weighted by atomic mass is 16.4. The summed E-state index contributed by atoms with van der Waals surface area (Å²) in [6.07, 6.45) is 4.82. The van der Waals surface area contributed by atoms with Crippen LogP contribution in [0.2, 0.25) is 0 Å². The molecule has 0 aliphatic rings. The van der Waals surface area contributed by atoms with Crippen molar-refractivity contribution in [1.82, 2.24) is 14.5 Å². The molecule has 0 amide bonds. The summed E-state index contributed by atoms with van der Waals surface area (Å²) < 4.78 is 18.8. The van der Waals surface area contributed by atoms with Gasteiger partial charge in [0.1, 0.15) is 17.6 Å². The Hall–Kier alpha value is -3.06. The van der Waals surface area contributed by atoms with Gasteiger partial charge in [0.2, 0.25) is 5.71 Å². The standard InChI is InChI=1S/C18H18N4O3/c1-21(2)7-8-22-11-20-18-15(17(22)19)14(12-5-3-9-23-12)16(25-18)13-6-4-10-24-13/h3-6,9-11,19H,7-8H2,1-2H3. The fourth-order valence-electron chi connectivity index (χ4n) is 2.77. The molecule has 0 bridgehead atoms. The molecule has 4 aromatic heterocycles. The average Bonchev–Trinajstić information content (AvgIpc) is 3.32. The van der Waals surface area contributed by atoms with E-state index >= 15 is 0 Å². The molecule has 0 aromatic carbocycles. The third kappa shape index (κ3) is 2.68. The zero-order valence-electron chi connectivity index (χ0n) is 14.0. The highest BCUT2D eigenvalue weighted by Crippen LogP contribution is 2.38. The lowest BCUT2D eigenvalue weighted by atomic mass is 10.1. The molecule has 1 N–H and O–H groups in total. The van der Waals surface area contributed by atoms with Crippen molar-refractivity contribution in [3.8, 4) is 22.8 Å². The Bertz CT molecular complexity index is 1040. The summed E-state index contributed by atoms with van der Waals surface area (Å²) in [4.78, 5) is 6.46. The van der Waals surface area contributed by atoms with Crippen molar-refractivity contribution in [2.24, 2.45) is 0 Å². The number of nitrogens with zero attached hydrogens (tertiary/aromatic N) is 3. The van der Waals surface area contributed by atoms with Gasteiger partial charge >= 0.3 is 0 Å². The highest BCUT2D eigenvalue weighted by molar-refractivity contribution is 5.97. The summed E-state index contributed by atoms with van der Waals surface area (Å²) in [7, 11) is 3.99. The first-order chi connectivity index (χ1) is 12.1. The molecule has 0 saturated carbocycles. The monoisotopic (exact) mass is 338 g/mol. The summed E-state index contributed by atoms with van der Waals surface area (Å²) in [5, 5.41) is 9.25. The molecule has 25 heavy (non-hydrogen) atoms. The van der Waals surface area contributed by atoms with Crippen molar-refractivity contribution >= 4 is 11.1 Å². The van der Waals surface area contributed by atoms with Gasteiger partial charge in [-0.25, -0.2) is 4.98 Å². The van der Waals surface area contributed by atoms with Crippen LogP contribution >= 0.6 is 0 Å². The molecule has 0 unspecified atom stereocenters. The van der Waals surface area contributed by atoms with Crippen LogP contribution in [0.25, 0.3) is 33.9 Å². The smallest absolute Gasteiger partial charge is 0.232 e. The number of nitrogens with one attached hydrogen (secondary N) is 1. The number of furan rings is 3. The van der Waals surface area contributed by atoms with E-state index in [-0.39, 0.29) is 0 Å². The Morgan fingerprint density at radius 3 is 2.48 bits per heavy atom. The van der Waals surface area contributed by atoms with Gasteiger partial charge in [-0.2, -0.15) is 0 Å². The molecule has 7 heteroatoms. The Balaban J connectivity index is 1.97. The van der Waals surface area contributed by atoms with Crippen LogP contribution in [0, 0.1) is 5.41 Å². The predicted molar refractivity (Wildman–Crippen MR) is 91.8 cm³/mol. The number of aromatic nitrogens is 2. The number of hydrogen-bond donors (Lipinski definition) is 1. The van der Waals surface area contributed by atoms with Crippen LogP contribution in [0.15, 0.2) is 56.4 Å². The van der Waals surface area contributed by atoms with Crippen molar-refractivity contribution in [3.63, 3.8) is 0 Å². The van der Waals surface area contributed by atoms with Crippen molar-refractivity contribution in [2.75, 3.05) is 20.6 Å². The van der Waals surface area contributed by atoms with E-state index in [1.807, 2.05) is 26.2 Å². The maximum Gasteiger partial charge on any atom is 0.232 e. The molecule has 0 spiro atoms. The fraction of sp³-hybridized carbons (Fsp3) is 0.222. The lowest BCUT2D eigenvalue weighted by molar-refractivity contribution is 0.378. The SMILES string of the molecule is CN(C)CCn1cnc2oc(-c3ccco3)c(-c3ccco3)c2c1=N. The van der Waals surface area contributed by atoms with Crippen LogP contribution in [-0.4, -0.2) is 35.1 Å². The number of fused-ring (bicyclic) bond motifs is 1. The largest absolute Gasteiger partial charge is 0.464 e. The maximum atomic E-state index is 8.64. The van der Waals surface area contributed by atoms with E-state index in [1.165, 1.54) is 0 Å². The Kier molecular flexibility index (Phi) is 3.77. The predicted octanol–water partition coefficient (Wildman–Crippen LogP) is 3.19. The Morgan fingerprint density at radius 1 is 1.12 bits per heavy atom. The van der Waals surface area contributed by atoms with Gasteiger partial charge < -0.3 is 22.7 Å². The van der Waals surface area contributed by atoms with Crippen molar-refractivity contribution in [2.45, 2.75) is 6.54 Å². The van der Waals surface area contributed by atoms with E-state index in [1.54, 1.807) is 35.6 Å². The van der Waals surface area contributed by atoms with Gasteiger partial charge in [0, 0.05) is 13.1 Å². The lowest BCUT2D eigenvalue weighted by Gasteiger charge is -2.11. The number of likely N-dealkylation sites (N-methyl/N-ethyl adjacent to an activating group) is 1. The summed E-state index contributed by atoms with van der Waals surface area (Å²) in [5.41, 5.74) is 1.41. The summed E-state index contributed by atoms with van der Waals surface area (Å²) >= 11 is 0. The van der Waals surface area contributed by atoms with Gasteiger partial charge in [-0.05, 0) is 38.4 Å². The van der Waals surface area contributed by atoms with Crippen LogP contribution in [0.4, 0.5) is 0 Å². The van der Waals surface area contributed by atoms with E-state index in [0.717, 1.165) is 6.54 Å². The van der Waals surface area contributed by atoms with Crippen LogP contribution in [0.1, 0.15) is 0 Å². The number of rotatable bonds is 5. The summed E-state index contributed by atoms with van der Waals surface area (Å²) in [6.45, 7) is 1.47. The van der Waals surface area contributed by atoms with E-state index < -0.39 is 0 Å².